The molecule has 0 aliphatic carbocycles. The molecule has 2 aromatic heterocycles. The second-order valence-electron chi connectivity index (χ2n) is 3.19. The van der Waals surface area contributed by atoms with Crippen molar-refractivity contribution in [3.8, 4) is 0 Å². The van der Waals surface area contributed by atoms with E-state index in [9.17, 15) is 4.79 Å². The van der Waals surface area contributed by atoms with Crippen LogP contribution in [0, 0.1) is 0 Å². The van der Waals surface area contributed by atoms with Crippen molar-refractivity contribution in [2.75, 3.05) is 0 Å². The molecule has 1 aromatic carbocycles. The Balaban J connectivity index is 2.67. The highest BCUT2D eigenvalue weighted by Crippen LogP contribution is 2.28. The van der Waals surface area contributed by atoms with Crippen LogP contribution in [0.2, 0.25) is 5.02 Å². The molecule has 0 aliphatic heterocycles. The van der Waals surface area contributed by atoms with Crippen LogP contribution in [0.4, 0.5) is 0 Å². The van der Waals surface area contributed by atoms with E-state index in [4.69, 9.17) is 16.0 Å². The molecular formula is C11H5ClO2S. The highest BCUT2D eigenvalue weighted by Gasteiger charge is 2.08. The number of hydrogen-bond donors (Lipinski definition) is 0. The average Bonchev–Trinajstić information content (AvgIpc) is 2.69. The van der Waals surface area contributed by atoms with E-state index in [2.05, 4.69) is 0 Å². The third-order valence-corrected chi connectivity index (χ3v) is 3.41. The van der Waals surface area contributed by atoms with E-state index in [-0.39, 0.29) is 5.63 Å². The molecule has 15 heavy (non-hydrogen) atoms. The van der Waals surface area contributed by atoms with Gasteiger partial charge in [0.2, 0.25) is 0 Å². The normalized spacial score (nSPS) is 11.3. The van der Waals surface area contributed by atoms with Gasteiger partial charge in [0.1, 0.15) is 10.3 Å². The van der Waals surface area contributed by atoms with Gasteiger partial charge in [-0.1, -0.05) is 11.6 Å². The van der Waals surface area contributed by atoms with Gasteiger partial charge in [-0.15, -0.1) is 11.3 Å². The first-order valence-corrected chi connectivity index (χ1v) is 5.61. The van der Waals surface area contributed by atoms with Crippen LogP contribution in [0.25, 0.3) is 21.1 Å². The summed E-state index contributed by atoms with van der Waals surface area (Å²) >= 11 is 7.29. The van der Waals surface area contributed by atoms with Gasteiger partial charge in [0.05, 0.1) is 0 Å². The minimum absolute atomic E-state index is 0.283. The third-order valence-electron chi connectivity index (χ3n) is 2.29. The summed E-state index contributed by atoms with van der Waals surface area (Å²) in [6, 6.07) is 7.16. The fourth-order valence-corrected chi connectivity index (χ4v) is 2.58. The lowest BCUT2D eigenvalue weighted by atomic mass is 10.2. The minimum atomic E-state index is -0.283. The number of thiophene rings is 1. The highest BCUT2D eigenvalue weighted by atomic mass is 35.5. The van der Waals surface area contributed by atoms with Gasteiger partial charge in [0.25, 0.3) is 0 Å². The van der Waals surface area contributed by atoms with Crippen LogP contribution in [0.15, 0.2) is 38.9 Å². The van der Waals surface area contributed by atoms with Gasteiger partial charge in [0.15, 0.2) is 0 Å². The molecule has 0 amide bonds. The lowest BCUT2D eigenvalue weighted by Gasteiger charge is -1.98. The van der Waals surface area contributed by atoms with Crippen LogP contribution in [0.5, 0.6) is 0 Å². The van der Waals surface area contributed by atoms with Gasteiger partial charge in [-0.05, 0) is 29.6 Å². The molecule has 3 aromatic rings. The zero-order chi connectivity index (χ0) is 10.4. The molecule has 0 atom stereocenters. The predicted molar refractivity (Wildman–Crippen MR) is 62.9 cm³/mol. The van der Waals surface area contributed by atoms with Crippen LogP contribution < -0.4 is 5.63 Å². The lowest BCUT2D eigenvalue weighted by Crippen LogP contribution is -1.96. The Hall–Kier alpha value is -1.32. The first-order chi connectivity index (χ1) is 7.25. The minimum Gasteiger partial charge on any atom is -0.422 e. The molecule has 0 aliphatic rings. The molecule has 4 heteroatoms. The van der Waals surface area contributed by atoms with E-state index in [1.807, 2.05) is 17.5 Å². The maximum Gasteiger partial charge on any atom is 0.354 e. The quantitative estimate of drug-likeness (QED) is 0.558. The topological polar surface area (TPSA) is 30.2 Å². The molecule has 0 N–H and O–H groups in total. The van der Waals surface area contributed by atoms with Gasteiger partial charge in [0, 0.05) is 15.8 Å². The number of benzene rings is 1. The van der Waals surface area contributed by atoms with Crippen molar-refractivity contribution in [1.29, 1.82) is 0 Å². The van der Waals surface area contributed by atoms with Crippen LogP contribution >= 0.6 is 22.9 Å². The van der Waals surface area contributed by atoms with E-state index >= 15 is 0 Å². The van der Waals surface area contributed by atoms with Gasteiger partial charge in [-0.3, -0.25) is 0 Å². The lowest BCUT2D eigenvalue weighted by molar-refractivity contribution is 0.571. The first-order valence-electron chi connectivity index (χ1n) is 4.35. The van der Waals surface area contributed by atoms with Crippen molar-refractivity contribution >= 4 is 44.0 Å². The molecule has 3 rings (SSSR count). The summed E-state index contributed by atoms with van der Waals surface area (Å²) in [6.45, 7) is 0. The van der Waals surface area contributed by atoms with Crippen molar-refractivity contribution in [1.82, 2.24) is 0 Å². The summed E-state index contributed by atoms with van der Waals surface area (Å²) in [7, 11) is 0. The van der Waals surface area contributed by atoms with Crippen LogP contribution in [-0.2, 0) is 0 Å². The van der Waals surface area contributed by atoms with Crippen LogP contribution in [0.3, 0.4) is 0 Å². The summed E-state index contributed by atoms with van der Waals surface area (Å²) in [6.07, 6.45) is 0. The van der Waals surface area contributed by atoms with Crippen molar-refractivity contribution in [2.24, 2.45) is 0 Å². The van der Waals surface area contributed by atoms with E-state index in [0.29, 0.717) is 15.3 Å². The van der Waals surface area contributed by atoms with E-state index in [1.54, 1.807) is 12.1 Å². The van der Waals surface area contributed by atoms with E-state index < -0.39 is 0 Å². The van der Waals surface area contributed by atoms with E-state index in [0.717, 1.165) is 10.8 Å². The maximum atomic E-state index is 11.5. The molecule has 0 fully saturated rings. The standard InChI is InChI=1S/C11H5ClO2S/c12-6-1-2-9-8(5-6)7-3-4-15-10(7)11(13)14-9/h1-5H. The summed E-state index contributed by atoms with van der Waals surface area (Å²) in [5.74, 6) is 0. The Morgan fingerprint density at radius 3 is 2.93 bits per heavy atom. The summed E-state index contributed by atoms with van der Waals surface area (Å²) in [5, 5.41) is 4.32. The Morgan fingerprint density at radius 1 is 1.20 bits per heavy atom. The molecule has 0 radical (unpaired) electrons. The van der Waals surface area contributed by atoms with Gasteiger partial charge in [-0.25, -0.2) is 4.79 Å². The fourth-order valence-electron chi connectivity index (χ4n) is 1.63. The van der Waals surface area contributed by atoms with Crippen molar-refractivity contribution < 1.29 is 4.42 Å². The summed E-state index contributed by atoms with van der Waals surface area (Å²) in [4.78, 5) is 11.5. The fraction of sp³-hybridized carbons (Fsp3) is 0. The number of fused-ring (bicyclic) bond motifs is 3. The second kappa shape index (κ2) is 3.08. The predicted octanol–water partition coefficient (Wildman–Crippen LogP) is 3.66. The van der Waals surface area contributed by atoms with E-state index in [1.165, 1.54) is 11.3 Å². The van der Waals surface area contributed by atoms with Gasteiger partial charge in [-0.2, -0.15) is 0 Å². The zero-order valence-corrected chi connectivity index (χ0v) is 9.06. The smallest absolute Gasteiger partial charge is 0.354 e. The highest BCUT2D eigenvalue weighted by molar-refractivity contribution is 7.17. The Bertz CT molecular complexity index is 711. The van der Waals surface area contributed by atoms with Crippen LogP contribution in [-0.4, -0.2) is 0 Å². The Kier molecular flexibility index (Phi) is 1.84. The molecule has 0 saturated carbocycles. The van der Waals surface area contributed by atoms with Crippen molar-refractivity contribution in [2.45, 2.75) is 0 Å². The molecule has 74 valence electrons. The zero-order valence-electron chi connectivity index (χ0n) is 7.49. The molecule has 2 nitrogen and oxygen atoms in total. The SMILES string of the molecule is O=c1oc2ccc(Cl)cc2c2ccsc12. The van der Waals surface area contributed by atoms with Crippen LogP contribution in [0.1, 0.15) is 0 Å². The summed E-state index contributed by atoms with van der Waals surface area (Å²) in [5.41, 5.74) is 0.296. The molecular weight excluding hydrogens is 232 g/mol. The number of hydrogen-bond acceptors (Lipinski definition) is 3. The number of halogens is 1. The molecule has 0 saturated heterocycles. The van der Waals surface area contributed by atoms with Crippen molar-refractivity contribution in [3.63, 3.8) is 0 Å². The number of rotatable bonds is 0. The molecule has 0 bridgehead atoms. The van der Waals surface area contributed by atoms with Crippen molar-refractivity contribution in [3.05, 3.63) is 45.1 Å². The average molecular weight is 237 g/mol. The Labute approximate surface area is 93.7 Å². The second-order valence-corrected chi connectivity index (χ2v) is 4.55. The maximum absolute atomic E-state index is 11.5. The molecule has 0 spiro atoms. The van der Waals surface area contributed by atoms with Gasteiger partial charge < -0.3 is 4.42 Å². The largest absolute Gasteiger partial charge is 0.422 e. The third kappa shape index (κ3) is 1.28. The summed E-state index contributed by atoms with van der Waals surface area (Å²) < 4.78 is 5.83. The monoisotopic (exact) mass is 236 g/mol. The first kappa shape index (κ1) is 8.95. The molecule has 2 heterocycles. The van der Waals surface area contributed by atoms with Gasteiger partial charge >= 0.3 is 5.63 Å². The molecule has 0 unspecified atom stereocenters. The Morgan fingerprint density at radius 2 is 2.07 bits per heavy atom.